The zero-order valence-corrected chi connectivity index (χ0v) is 24.1. The average molecular weight is 592 g/mol. The largest absolute Gasteiger partial charge is 0.382 e. The third-order valence-corrected chi connectivity index (χ3v) is 9.55. The van der Waals surface area contributed by atoms with Crippen molar-refractivity contribution < 1.29 is 22.0 Å². The van der Waals surface area contributed by atoms with Crippen LogP contribution in [0.5, 0.6) is 0 Å². The Labute approximate surface area is 233 Å². The molecule has 0 radical (unpaired) electrons. The van der Waals surface area contributed by atoms with Gasteiger partial charge in [-0.15, -0.1) is 12.4 Å². The Bertz CT molecular complexity index is 1200. The Hall–Kier alpha value is -1.86. The molecule has 2 heterocycles. The molecule has 1 aromatic carbocycles. The number of sulfonamides is 1. The zero-order valence-electron chi connectivity index (χ0n) is 21.6. The molecule has 0 spiro atoms. The molecule has 1 aromatic heterocycles. The summed E-state index contributed by atoms with van der Waals surface area (Å²) in [5.74, 6) is -2.55. The lowest BCUT2D eigenvalue weighted by Crippen LogP contribution is -2.41. The van der Waals surface area contributed by atoms with Gasteiger partial charge >= 0.3 is 0 Å². The van der Waals surface area contributed by atoms with Crippen molar-refractivity contribution in [1.29, 1.82) is 0 Å². The summed E-state index contributed by atoms with van der Waals surface area (Å²) >= 11 is 0.972. The fourth-order valence-corrected chi connectivity index (χ4v) is 7.70. The molecule has 4 N–H and O–H groups in total. The van der Waals surface area contributed by atoms with Gasteiger partial charge in [0.15, 0.2) is 5.13 Å². The van der Waals surface area contributed by atoms with Gasteiger partial charge in [-0.2, -0.15) is 0 Å². The number of carbonyl (C=O) groups excluding carboxylic acids is 1. The van der Waals surface area contributed by atoms with Gasteiger partial charge in [-0.25, -0.2) is 26.9 Å². The van der Waals surface area contributed by atoms with Crippen LogP contribution in [0.4, 0.5) is 19.7 Å². The number of thiazole rings is 1. The SMILES string of the molecule is CC(C)CS(=O)(=O)NC1CCC(Nc2nc(N)c(C(=O)c3c(F)cc(CN4CCCC4)cc3F)s2)CC1.Cl. The van der Waals surface area contributed by atoms with Crippen LogP contribution in [0.1, 0.15) is 73.2 Å². The first kappa shape index (κ1) is 30.7. The van der Waals surface area contributed by atoms with Gasteiger partial charge in [-0.05, 0) is 75.2 Å². The molecule has 212 valence electrons. The smallest absolute Gasteiger partial charge is 0.212 e. The van der Waals surface area contributed by atoms with E-state index in [1.807, 2.05) is 13.8 Å². The van der Waals surface area contributed by atoms with Crippen molar-refractivity contribution in [2.75, 3.05) is 29.9 Å². The van der Waals surface area contributed by atoms with Crippen LogP contribution >= 0.6 is 23.7 Å². The molecule has 1 aliphatic carbocycles. The maximum atomic E-state index is 14.9. The lowest BCUT2D eigenvalue weighted by Gasteiger charge is -2.29. The molecule has 1 saturated heterocycles. The molecular formula is C25H36ClF2N5O3S2. The number of nitrogen functional groups attached to an aromatic ring is 1. The minimum Gasteiger partial charge on any atom is -0.382 e. The molecule has 1 saturated carbocycles. The van der Waals surface area contributed by atoms with Crippen LogP contribution in [0.3, 0.4) is 0 Å². The van der Waals surface area contributed by atoms with Crippen molar-refractivity contribution in [2.24, 2.45) is 5.92 Å². The molecule has 0 unspecified atom stereocenters. The first-order chi connectivity index (χ1) is 17.5. The van der Waals surface area contributed by atoms with Crippen LogP contribution in [0.15, 0.2) is 12.1 Å². The molecule has 0 amide bonds. The van der Waals surface area contributed by atoms with Gasteiger partial charge in [0.2, 0.25) is 15.8 Å². The highest BCUT2D eigenvalue weighted by molar-refractivity contribution is 7.89. The summed E-state index contributed by atoms with van der Waals surface area (Å²) in [5.41, 5.74) is 5.84. The number of aromatic nitrogens is 1. The molecular weight excluding hydrogens is 556 g/mol. The van der Waals surface area contributed by atoms with E-state index in [1.54, 1.807) is 0 Å². The molecule has 2 aliphatic rings. The van der Waals surface area contributed by atoms with E-state index in [0.29, 0.717) is 42.9 Å². The number of nitrogens with zero attached hydrogens (tertiary/aromatic N) is 2. The molecule has 2 aromatic rings. The average Bonchev–Trinajstić information content (AvgIpc) is 3.42. The number of ketones is 1. The number of nitrogens with two attached hydrogens (primary N) is 1. The van der Waals surface area contributed by atoms with Crippen LogP contribution in [0.25, 0.3) is 0 Å². The van der Waals surface area contributed by atoms with Crippen molar-refractivity contribution in [3.05, 3.63) is 39.8 Å². The second-order valence-electron chi connectivity index (χ2n) is 10.5. The first-order valence-corrected chi connectivity index (χ1v) is 15.3. The van der Waals surface area contributed by atoms with Crippen molar-refractivity contribution >= 4 is 50.5 Å². The summed E-state index contributed by atoms with van der Waals surface area (Å²) in [5, 5.41) is 3.65. The number of likely N-dealkylation sites (tertiary alicyclic amines) is 1. The van der Waals surface area contributed by atoms with Crippen molar-refractivity contribution in [1.82, 2.24) is 14.6 Å². The first-order valence-electron chi connectivity index (χ1n) is 12.8. The van der Waals surface area contributed by atoms with Crippen LogP contribution in [0.2, 0.25) is 0 Å². The normalized spacial score (nSPS) is 20.4. The molecule has 2 fully saturated rings. The predicted octanol–water partition coefficient (Wildman–Crippen LogP) is 4.55. The second-order valence-corrected chi connectivity index (χ2v) is 13.3. The quantitative estimate of drug-likeness (QED) is 0.347. The van der Waals surface area contributed by atoms with Gasteiger partial charge in [0.25, 0.3) is 0 Å². The lowest BCUT2D eigenvalue weighted by atomic mass is 9.92. The van der Waals surface area contributed by atoms with Gasteiger partial charge in [0, 0.05) is 18.6 Å². The Morgan fingerprint density at radius 3 is 2.29 bits per heavy atom. The highest BCUT2D eigenvalue weighted by Gasteiger charge is 2.28. The van der Waals surface area contributed by atoms with Gasteiger partial charge in [-0.3, -0.25) is 9.69 Å². The predicted molar refractivity (Wildman–Crippen MR) is 150 cm³/mol. The molecule has 1 aliphatic heterocycles. The Kier molecular flexibility index (Phi) is 10.5. The van der Waals surface area contributed by atoms with Gasteiger partial charge < -0.3 is 11.1 Å². The van der Waals surface area contributed by atoms with E-state index in [0.717, 1.165) is 37.3 Å². The molecule has 0 bridgehead atoms. The third-order valence-electron chi connectivity index (χ3n) is 6.75. The van der Waals surface area contributed by atoms with E-state index < -0.39 is 33.0 Å². The number of rotatable bonds is 10. The van der Waals surface area contributed by atoms with Crippen LogP contribution in [-0.2, 0) is 16.6 Å². The number of hydrogen-bond acceptors (Lipinski definition) is 8. The Balaban J connectivity index is 0.00000400. The van der Waals surface area contributed by atoms with Gasteiger partial charge in [-0.1, -0.05) is 25.2 Å². The highest BCUT2D eigenvalue weighted by atomic mass is 35.5. The number of nitrogens with one attached hydrogen (secondary N) is 2. The van der Waals surface area contributed by atoms with Crippen LogP contribution in [-0.4, -0.2) is 55.0 Å². The van der Waals surface area contributed by atoms with Crippen molar-refractivity contribution in [3.63, 3.8) is 0 Å². The summed E-state index contributed by atoms with van der Waals surface area (Å²) in [6.45, 7) is 5.97. The molecule has 0 atom stereocenters. The van der Waals surface area contributed by atoms with Crippen molar-refractivity contribution in [2.45, 2.75) is 71.0 Å². The third kappa shape index (κ3) is 7.84. The molecule has 38 heavy (non-hydrogen) atoms. The maximum Gasteiger partial charge on any atom is 0.212 e. The summed E-state index contributed by atoms with van der Waals surface area (Å²) in [6, 6.07) is 2.36. The summed E-state index contributed by atoms with van der Waals surface area (Å²) in [6.07, 6.45) is 4.89. The number of halogens is 3. The Morgan fingerprint density at radius 2 is 1.71 bits per heavy atom. The fourth-order valence-electron chi connectivity index (χ4n) is 5.07. The highest BCUT2D eigenvalue weighted by Crippen LogP contribution is 2.32. The van der Waals surface area contributed by atoms with Gasteiger partial charge in [0.1, 0.15) is 22.3 Å². The van der Waals surface area contributed by atoms with E-state index in [1.165, 1.54) is 12.1 Å². The summed E-state index contributed by atoms with van der Waals surface area (Å²) in [4.78, 5) is 19.4. The zero-order chi connectivity index (χ0) is 26.7. The van der Waals surface area contributed by atoms with E-state index >= 15 is 0 Å². The number of anilines is 2. The molecule has 4 rings (SSSR count). The summed E-state index contributed by atoms with van der Waals surface area (Å²) < 4.78 is 56.9. The lowest BCUT2D eigenvalue weighted by molar-refractivity contribution is 0.103. The standard InChI is InChI=1S/C25H35F2N5O3S2.ClH/c1-15(2)14-37(34,35)31-18-7-5-17(6-8-18)29-25-30-24(28)23(36-25)22(33)21-19(26)11-16(12-20(21)27)13-32-9-3-4-10-32;/h11-12,15,17-18,31H,3-10,13-14,28H2,1-2H3,(H,29,30);1H. The van der Waals surface area contributed by atoms with E-state index in [4.69, 9.17) is 5.73 Å². The monoisotopic (exact) mass is 591 g/mol. The van der Waals surface area contributed by atoms with Crippen molar-refractivity contribution in [3.8, 4) is 0 Å². The Morgan fingerprint density at radius 1 is 1.13 bits per heavy atom. The minimum absolute atomic E-state index is 0. The molecule has 8 nitrogen and oxygen atoms in total. The number of benzene rings is 1. The van der Waals surface area contributed by atoms with E-state index in [2.05, 4.69) is 19.9 Å². The summed E-state index contributed by atoms with van der Waals surface area (Å²) in [7, 11) is -3.31. The topological polar surface area (TPSA) is 117 Å². The number of carbonyl (C=O) groups is 1. The maximum absolute atomic E-state index is 14.9. The van der Waals surface area contributed by atoms with E-state index in [9.17, 15) is 22.0 Å². The van der Waals surface area contributed by atoms with Gasteiger partial charge in [0.05, 0.1) is 11.3 Å². The second kappa shape index (κ2) is 13.0. The minimum atomic E-state index is -3.31. The van der Waals surface area contributed by atoms with E-state index in [-0.39, 0.29) is 46.9 Å². The number of hydrogen-bond donors (Lipinski definition) is 3. The molecule has 13 heteroatoms. The fraction of sp³-hybridized carbons (Fsp3) is 0.600. The van der Waals surface area contributed by atoms with Crippen LogP contribution in [0, 0.1) is 17.6 Å². The van der Waals surface area contributed by atoms with Crippen LogP contribution < -0.4 is 15.8 Å².